The molecule has 0 bridgehead atoms. The van der Waals surface area contributed by atoms with Crippen LogP contribution in [0.2, 0.25) is 0 Å². The second-order valence-corrected chi connectivity index (χ2v) is 15.8. The van der Waals surface area contributed by atoms with Crippen molar-refractivity contribution in [1.82, 2.24) is 0 Å². The maximum atomic E-state index is 15.1. The number of rotatable bonds is 7. The van der Waals surface area contributed by atoms with E-state index in [1.807, 2.05) is 0 Å². The summed E-state index contributed by atoms with van der Waals surface area (Å²) >= 11 is 0. The van der Waals surface area contributed by atoms with Crippen molar-refractivity contribution in [2.24, 2.45) is 0 Å². The van der Waals surface area contributed by atoms with Crippen LogP contribution in [0.1, 0.15) is 78.6 Å². The first kappa shape index (κ1) is 42.8. The molecule has 7 aromatic rings. The molecule has 0 saturated heterocycles. The summed E-state index contributed by atoms with van der Waals surface area (Å²) in [6.07, 6.45) is 0. The van der Waals surface area contributed by atoms with Gasteiger partial charge in [-0.1, -0.05) is 84.9 Å². The molecule has 0 amide bonds. The zero-order valence-electron chi connectivity index (χ0n) is 35.3. The van der Waals surface area contributed by atoms with Gasteiger partial charge in [-0.25, -0.2) is 8.78 Å². The van der Waals surface area contributed by atoms with E-state index in [0.29, 0.717) is 50.1 Å². The van der Waals surface area contributed by atoms with Crippen molar-refractivity contribution in [2.75, 3.05) is 0 Å². The molecule has 2 aliphatic carbocycles. The van der Waals surface area contributed by atoms with Gasteiger partial charge in [-0.05, 0) is 116 Å². The molecule has 8 nitrogen and oxygen atoms in total. The van der Waals surface area contributed by atoms with Crippen LogP contribution < -0.4 is 0 Å². The third-order valence-corrected chi connectivity index (χ3v) is 12.2. The molecular weight excluding hydrogens is 847 g/mol. The highest BCUT2D eigenvalue weighted by Crippen LogP contribution is 2.64. The maximum absolute atomic E-state index is 15.1. The summed E-state index contributed by atoms with van der Waals surface area (Å²) in [7, 11) is 0. The normalized spacial score (nSPS) is 14.4. The summed E-state index contributed by atoms with van der Waals surface area (Å²) in [6, 6.07) is 55.6. The topological polar surface area (TPSA) is 190 Å². The van der Waals surface area contributed by atoms with Gasteiger partial charge in [-0.15, -0.1) is 0 Å². The van der Waals surface area contributed by atoms with E-state index in [2.05, 4.69) is 48.6 Å². The van der Waals surface area contributed by atoms with Gasteiger partial charge in [0.25, 0.3) is 0 Å². The van der Waals surface area contributed by atoms with Crippen molar-refractivity contribution >= 4 is 33.4 Å². The summed E-state index contributed by atoms with van der Waals surface area (Å²) < 4.78 is 30.2. The van der Waals surface area contributed by atoms with E-state index in [0.717, 1.165) is 0 Å². The van der Waals surface area contributed by atoms with E-state index >= 15 is 8.78 Å². The number of benzene rings is 7. The van der Waals surface area contributed by atoms with E-state index in [-0.39, 0.29) is 72.4 Å². The Morgan fingerprint density at radius 2 is 0.926 bits per heavy atom. The molecular formula is C58H26F2N8. The summed E-state index contributed by atoms with van der Waals surface area (Å²) in [5.41, 5.74) is 5.47. The van der Waals surface area contributed by atoms with Gasteiger partial charge < -0.3 is 0 Å². The average molecular weight is 873 g/mol. The largest absolute Gasteiger partial charge is 0.207 e. The van der Waals surface area contributed by atoms with E-state index in [9.17, 15) is 42.1 Å². The monoisotopic (exact) mass is 872 g/mol. The molecule has 7 aromatic carbocycles. The summed E-state index contributed by atoms with van der Waals surface area (Å²) in [4.78, 5) is 0. The minimum atomic E-state index is -1.22. The third kappa shape index (κ3) is 7.01. The van der Waals surface area contributed by atoms with E-state index in [4.69, 9.17) is 0 Å². The van der Waals surface area contributed by atoms with Crippen LogP contribution in [0.15, 0.2) is 146 Å². The van der Waals surface area contributed by atoms with Crippen LogP contribution in [0, 0.1) is 102 Å². The first-order valence-corrected chi connectivity index (χ1v) is 20.8. The Labute approximate surface area is 389 Å². The molecule has 0 aliphatic heterocycles. The van der Waals surface area contributed by atoms with E-state index in [1.54, 1.807) is 60.7 Å². The average Bonchev–Trinajstić information content (AvgIpc) is 3.90. The molecule has 10 heteroatoms. The fourth-order valence-electron chi connectivity index (χ4n) is 9.59. The van der Waals surface area contributed by atoms with Crippen LogP contribution >= 0.6 is 0 Å². The molecule has 0 spiro atoms. The minimum Gasteiger partial charge on any atom is -0.207 e. The van der Waals surface area contributed by atoms with Gasteiger partial charge in [-0.3, -0.25) is 0 Å². The van der Waals surface area contributed by atoms with Crippen molar-refractivity contribution in [1.29, 1.82) is 42.1 Å². The summed E-state index contributed by atoms with van der Waals surface area (Å²) in [5, 5.41) is 86.8. The van der Waals surface area contributed by atoms with Crippen LogP contribution in [0.3, 0.4) is 0 Å². The van der Waals surface area contributed by atoms with Crippen LogP contribution in [0.25, 0.3) is 55.7 Å². The van der Waals surface area contributed by atoms with Crippen LogP contribution in [-0.2, 0) is 0 Å². The Balaban J connectivity index is 1.60. The molecule has 0 fully saturated rings. The van der Waals surface area contributed by atoms with Gasteiger partial charge in [0.1, 0.15) is 29.8 Å². The fraction of sp³-hybridized carbons (Fsp3) is 0.0345. The first-order chi connectivity index (χ1) is 33.2. The molecule has 312 valence electrons. The second kappa shape index (κ2) is 17.6. The molecule has 0 saturated carbocycles. The van der Waals surface area contributed by atoms with Gasteiger partial charge in [0, 0.05) is 33.8 Å². The molecule has 2 unspecified atom stereocenters. The fourth-order valence-corrected chi connectivity index (χ4v) is 9.59. The van der Waals surface area contributed by atoms with Crippen molar-refractivity contribution < 1.29 is 8.78 Å². The quantitative estimate of drug-likeness (QED) is 0.141. The van der Waals surface area contributed by atoms with Crippen molar-refractivity contribution in [2.45, 2.75) is 11.8 Å². The van der Waals surface area contributed by atoms with Gasteiger partial charge in [-0.2, -0.15) is 42.1 Å². The Morgan fingerprint density at radius 3 is 1.40 bits per heavy atom. The van der Waals surface area contributed by atoms with E-state index in [1.165, 1.54) is 84.9 Å². The van der Waals surface area contributed by atoms with Gasteiger partial charge in [0.05, 0.1) is 75.2 Å². The highest BCUT2D eigenvalue weighted by molar-refractivity contribution is 6.34. The first-order valence-electron chi connectivity index (χ1n) is 20.8. The third-order valence-electron chi connectivity index (χ3n) is 12.2. The Bertz CT molecular complexity index is 3710. The van der Waals surface area contributed by atoms with Gasteiger partial charge in [0.15, 0.2) is 0 Å². The molecule has 2 aliphatic rings. The number of hydrogen-bond acceptors (Lipinski definition) is 8. The zero-order chi connectivity index (χ0) is 47.6. The smallest absolute Gasteiger partial charge is 0.123 e. The molecule has 0 heterocycles. The number of allylic oxidation sites excluding steroid dienone is 6. The molecule has 2 atom stereocenters. The Hall–Kier alpha value is -10.5. The number of nitrogens with zero attached hydrogens (tertiary/aromatic N) is 8. The lowest BCUT2D eigenvalue weighted by atomic mass is 9.72. The number of nitriles is 8. The zero-order valence-corrected chi connectivity index (χ0v) is 35.3. The lowest BCUT2D eigenvalue weighted by Crippen LogP contribution is -2.14. The Morgan fingerprint density at radius 1 is 0.441 bits per heavy atom. The lowest BCUT2D eigenvalue weighted by Gasteiger charge is -2.28. The van der Waals surface area contributed by atoms with E-state index < -0.39 is 23.5 Å². The van der Waals surface area contributed by atoms with Crippen molar-refractivity contribution in [3.05, 3.63) is 224 Å². The highest BCUT2D eigenvalue weighted by atomic mass is 19.1. The predicted octanol–water partition coefficient (Wildman–Crippen LogP) is 12.5. The Kier molecular flexibility index (Phi) is 11.1. The number of fused-ring (bicyclic) bond motifs is 2. The second-order valence-electron chi connectivity index (χ2n) is 15.8. The molecule has 0 aromatic heterocycles. The van der Waals surface area contributed by atoms with Crippen LogP contribution in [-0.4, -0.2) is 0 Å². The molecule has 68 heavy (non-hydrogen) atoms. The molecule has 0 N–H and O–H groups in total. The van der Waals surface area contributed by atoms with Crippen LogP contribution in [0.5, 0.6) is 0 Å². The predicted molar refractivity (Wildman–Crippen MR) is 250 cm³/mol. The maximum Gasteiger partial charge on any atom is 0.123 e. The van der Waals surface area contributed by atoms with Crippen molar-refractivity contribution in [3.63, 3.8) is 0 Å². The molecule has 0 radical (unpaired) electrons. The van der Waals surface area contributed by atoms with Gasteiger partial charge in [0.2, 0.25) is 0 Å². The summed E-state index contributed by atoms with van der Waals surface area (Å²) in [6.45, 7) is 0. The SMILES string of the molecule is N#CC1=C(c2ccccc2)/C(=C(/C#N)c2cc(C#N)cc(C#N)c2)c2c1c(-c1ccc(F)cc1)c1c(c2-c2ccc(F)cc2)C(C#N)=C(c2ccccc2)C1C(C#N)c1cc(C#N)cc(C#N)c1. The van der Waals surface area contributed by atoms with Crippen LogP contribution in [0.4, 0.5) is 8.78 Å². The lowest BCUT2D eigenvalue weighted by molar-refractivity contribution is 0.627. The van der Waals surface area contributed by atoms with Gasteiger partial charge >= 0.3 is 0 Å². The number of hydrogen-bond donors (Lipinski definition) is 0. The van der Waals surface area contributed by atoms with Crippen molar-refractivity contribution in [3.8, 4) is 70.8 Å². The summed E-state index contributed by atoms with van der Waals surface area (Å²) in [5.74, 6) is -3.47. The standard InChI is InChI=1S/C58H26F2N8/c59-43-15-11-39(12-16-43)51-55-47(31-67)49(37-7-3-1-4-8-37)53(45(29-65)41-21-33(25-61)19-34(22-41)26-62)57(55)52(40-13-17-44(60)18-14-40)56-48(32-68)50(38-9-5-2-6-10-38)54(58(51)56)46(30-66)42-23-35(27-63)20-36(24-42)28-64/h1-24,45,53H/b54-46+. The minimum absolute atomic E-state index is 0.0371. The molecule has 9 rings (SSSR count). The number of halogens is 2. The highest BCUT2D eigenvalue weighted by Gasteiger charge is 2.47.